The molecule has 1 aliphatic rings. The number of hydrogen-bond donors (Lipinski definition) is 1. The van der Waals surface area contributed by atoms with Gasteiger partial charge in [0.2, 0.25) is 0 Å². The Morgan fingerprint density at radius 1 is 1.36 bits per heavy atom. The predicted molar refractivity (Wildman–Crippen MR) is 93.2 cm³/mol. The van der Waals surface area contributed by atoms with Crippen LogP contribution in [0.3, 0.4) is 0 Å². The van der Waals surface area contributed by atoms with E-state index in [9.17, 15) is 9.59 Å². The molecule has 0 saturated carbocycles. The van der Waals surface area contributed by atoms with Crippen LogP contribution < -0.4 is 5.32 Å². The highest BCUT2D eigenvalue weighted by atomic mass is 16.6. The summed E-state index contributed by atoms with van der Waals surface area (Å²) >= 11 is 0. The molecule has 25 heavy (non-hydrogen) atoms. The molecule has 7 nitrogen and oxygen atoms in total. The maximum atomic E-state index is 11.9. The summed E-state index contributed by atoms with van der Waals surface area (Å²) in [7, 11) is 1.35. The standard InChI is InChI=1S/C18H27N3O4/c1-18(2,3)25-17(23)20-15-6-5-7-21(12-15)11-13-8-14(10-19-9-13)16(22)24-4/h8-10,15H,5-7,11-12H2,1-4H3,(H,20,23)/t15-/m1/s1. The van der Waals surface area contributed by atoms with E-state index in [4.69, 9.17) is 9.47 Å². The summed E-state index contributed by atoms with van der Waals surface area (Å²) in [6.07, 6.45) is 4.78. The van der Waals surface area contributed by atoms with Gasteiger partial charge in [-0.15, -0.1) is 0 Å². The Kier molecular flexibility index (Phi) is 6.36. The number of rotatable bonds is 4. The highest BCUT2D eigenvalue weighted by Crippen LogP contribution is 2.15. The molecule has 0 unspecified atom stereocenters. The van der Waals surface area contributed by atoms with Crippen LogP contribution in [0.5, 0.6) is 0 Å². The molecule has 0 bridgehead atoms. The first-order valence-electron chi connectivity index (χ1n) is 8.51. The summed E-state index contributed by atoms with van der Waals surface area (Å²) in [4.78, 5) is 29.9. The van der Waals surface area contributed by atoms with Gasteiger partial charge in [0.15, 0.2) is 0 Å². The maximum Gasteiger partial charge on any atom is 0.407 e. The second kappa shape index (κ2) is 8.29. The molecule has 1 aromatic rings. The Labute approximate surface area is 148 Å². The number of likely N-dealkylation sites (tertiary alicyclic amines) is 1. The van der Waals surface area contributed by atoms with E-state index in [0.29, 0.717) is 12.1 Å². The van der Waals surface area contributed by atoms with Crippen molar-refractivity contribution in [1.29, 1.82) is 0 Å². The van der Waals surface area contributed by atoms with Crippen LogP contribution in [0.1, 0.15) is 49.5 Å². The molecule has 2 rings (SSSR count). The number of nitrogens with one attached hydrogen (secondary N) is 1. The zero-order chi connectivity index (χ0) is 18.4. The predicted octanol–water partition coefficient (Wildman–Crippen LogP) is 2.36. The Morgan fingerprint density at radius 2 is 2.12 bits per heavy atom. The lowest BCUT2D eigenvalue weighted by Gasteiger charge is -2.33. The van der Waals surface area contributed by atoms with E-state index >= 15 is 0 Å². The van der Waals surface area contributed by atoms with E-state index in [0.717, 1.165) is 31.5 Å². The molecular formula is C18H27N3O4. The van der Waals surface area contributed by atoms with Crippen molar-refractivity contribution < 1.29 is 19.1 Å². The average Bonchev–Trinajstić information content (AvgIpc) is 2.52. The number of aromatic nitrogens is 1. The fourth-order valence-corrected chi connectivity index (χ4v) is 2.85. The summed E-state index contributed by atoms with van der Waals surface area (Å²) in [6.45, 7) is 7.89. The second-order valence-electron chi connectivity index (χ2n) is 7.29. The molecule has 1 amide bonds. The maximum absolute atomic E-state index is 11.9. The Morgan fingerprint density at radius 3 is 2.80 bits per heavy atom. The summed E-state index contributed by atoms with van der Waals surface area (Å²) in [5.41, 5.74) is 0.888. The molecule has 0 spiro atoms. The molecule has 0 radical (unpaired) electrons. The zero-order valence-electron chi connectivity index (χ0n) is 15.4. The molecule has 1 N–H and O–H groups in total. The third kappa shape index (κ3) is 6.34. The van der Waals surface area contributed by atoms with Gasteiger partial charge in [-0.1, -0.05) is 0 Å². The average molecular weight is 349 g/mol. The fourth-order valence-electron chi connectivity index (χ4n) is 2.85. The van der Waals surface area contributed by atoms with Crippen molar-refractivity contribution in [3.05, 3.63) is 29.6 Å². The topological polar surface area (TPSA) is 80.8 Å². The summed E-state index contributed by atoms with van der Waals surface area (Å²) in [6, 6.07) is 1.85. The summed E-state index contributed by atoms with van der Waals surface area (Å²) < 4.78 is 10.0. The third-order valence-corrected chi connectivity index (χ3v) is 3.85. The van der Waals surface area contributed by atoms with Crippen LogP contribution in [0.25, 0.3) is 0 Å². The van der Waals surface area contributed by atoms with E-state index in [1.165, 1.54) is 13.3 Å². The zero-order valence-corrected chi connectivity index (χ0v) is 15.4. The largest absolute Gasteiger partial charge is 0.465 e. The first-order valence-corrected chi connectivity index (χ1v) is 8.51. The minimum absolute atomic E-state index is 0.0559. The van der Waals surface area contributed by atoms with Crippen molar-refractivity contribution in [2.75, 3.05) is 20.2 Å². The molecule has 7 heteroatoms. The van der Waals surface area contributed by atoms with Crippen molar-refractivity contribution in [3.8, 4) is 0 Å². The van der Waals surface area contributed by atoms with Gasteiger partial charge < -0.3 is 14.8 Å². The summed E-state index contributed by atoms with van der Waals surface area (Å²) in [5, 5.41) is 2.94. The van der Waals surface area contributed by atoms with E-state index in [1.807, 2.05) is 20.8 Å². The van der Waals surface area contributed by atoms with Gasteiger partial charge in [-0.25, -0.2) is 9.59 Å². The van der Waals surface area contributed by atoms with Crippen molar-refractivity contribution in [2.24, 2.45) is 0 Å². The molecule has 1 atom stereocenters. The number of hydrogen-bond acceptors (Lipinski definition) is 6. The third-order valence-electron chi connectivity index (χ3n) is 3.85. The number of methoxy groups -OCH3 is 1. The van der Waals surface area contributed by atoms with Gasteiger partial charge in [0, 0.05) is 31.5 Å². The second-order valence-corrected chi connectivity index (χ2v) is 7.29. The van der Waals surface area contributed by atoms with Crippen LogP contribution in [-0.4, -0.2) is 53.8 Å². The molecule has 2 heterocycles. The van der Waals surface area contributed by atoms with Gasteiger partial charge >= 0.3 is 12.1 Å². The molecule has 1 aromatic heterocycles. The monoisotopic (exact) mass is 349 g/mol. The van der Waals surface area contributed by atoms with Gasteiger partial charge in [-0.05, 0) is 51.8 Å². The summed E-state index contributed by atoms with van der Waals surface area (Å²) in [5.74, 6) is -0.391. The lowest BCUT2D eigenvalue weighted by Crippen LogP contribution is -2.48. The van der Waals surface area contributed by atoms with Crippen LogP contribution >= 0.6 is 0 Å². The van der Waals surface area contributed by atoms with Crippen molar-refractivity contribution >= 4 is 12.1 Å². The molecule has 0 aliphatic carbocycles. The van der Waals surface area contributed by atoms with Crippen LogP contribution in [0, 0.1) is 0 Å². The van der Waals surface area contributed by atoms with E-state index in [2.05, 4.69) is 15.2 Å². The number of nitrogens with zero attached hydrogens (tertiary/aromatic N) is 2. The van der Waals surface area contributed by atoms with E-state index < -0.39 is 11.6 Å². The number of pyridine rings is 1. The number of ether oxygens (including phenoxy) is 2. The van der Waals surface area contributed by atoms with Crippen LogP contribution in [0.15, 0.2) is 18.5 Å². The van der Waals surface area contributed by atoms with Gasteiger partial charge in [0.1, 0.15) is 5.60 Å². The number of alkyl carbamates (subject to hydrolysis) is 1. The van der Waals surface area contributed by atoms with Gasteiger partial charge in [0.25, 0.3) is 0 Å². The van der Waals surface area contributed by atoms with Crippen LogP contribution in [0.2, 0.25) is 0 Å². The van der Waals surface area contributed by atoms with Gasteiger partial charge in [-0.2, -0.15) is 0 Å². The van der Waals surface area contributed by atoms with E-state index in [1.54, 1.807) is 12.3 Å². The lowest BCUT2D eigenvalue weighted by atomic mass is 10.0. The highest BCUT2D eigenvalue weighted by Gasteiger charge is 2.24. The Bertz CT molecular complexity index is 613. The lowest BCUT2D eigenvalue weighted by molar-refractivity contribution is 0.0469. The normalized spacial score (nSPS) is 18.5. The highest BCUT2D eigenvalue weighted by molar-refractivity contribution is 5.89. The van der Waals surface area contributed by atoms with Crippen molar-refractivity contribution in [3.63, 3.8) is 0 Å². The SMILES string of the molecule is COC(=O)c1cncc(CN2CCC[C@@H](NC(=O)OC(C)(C)C)C2)c1. The molecule has 1 saturated heterocycles. The molecule has 0 aromatic carbocycles. The first-order chi connectivity index (χ1) is 11.8. The molecule has 138 valence electrons. The Balaban J connectivity index is 1.91. The molecule has 1 fully saturated rings. The fraction of sp³-hybridized carbons (Fsp3) is 0.611. The first kappa shape index (κ1) is 19.2. The van der Waals surface area contributed by atoms with Crippen LogP contribution in [0.4, 0.5) is 4.79 Å². The van der Waals surface area contributed by atoms with E-state index in [-0.39, 0.29) is 12.1 Å². The van der Waals surface area contributed by atoms with Gasteiger partial charge in [0.05, 0.1) is 12.7 Å². The van der Waals surface area contributed by atoms with Crippen molar-refractivity contribution in [1.82, 2.24) is 15.2 Å². The smallest absolute Gasteiger partial charge is 0.407 e. The van der Waals surface area contributed by atoms with Crippen molar-refractivity contribution in [2.45, 2.75) is 51.8 Å². The minimum Gasteiger partial charge on any atom is -0.465 e. The minimum atomic E-state index is -0.502. The number of carbonyl (C=O) groups is 2. The number of carbonyl (C=O) groups excluding carboxylic acids is 2. The quantitative estimate of drug-likeness (QED) is 0.841. The molecule has 1 aliphatic heterocycles. The van der Waals surface area contributed by atoms with Gasteiger partial charge in [-0.3, -0.25) is 9.88 Å². The number of piperidine rings is 1. The number of amides is 1. The molecular weight excluding hydrogens is 322 g/mol. The Hall–Kier alpha value is -2.15. The van der Waals surface area contributed by atoms with Crippen LogP contribution in [-0.2, 0) is 16.0 Å². The number of esters is 1.